The number of benzene rings is 2. The van der Waals surface area contributed by atoms with E-state index in [-0.39, 0.29) is 23.8 Å². The van der Waals surface area contributed by atoms with Gasteiger partial charge in [-0.1, -0.05) is 61.2 Å². The summed E-state index contributed by atoms with van der Waals surface area (Å²) >= 11 is 6.61. The number of amides is 2. The highest BCUT2D eigenvalue weighted by atomic mass is 32.2. The molecule has 6 nitrogen and oxygen atoms in total. The molecule has 3 rings (SSSR count). The van der Waals surface area contributed by atoms with Crippen LogP contribution in [0.3, 0.4) is 0 Å². The average Bonchev–Trinajstić information content (AvgIpc) is 3.01. The van der Waals surface area contributed by atoms with Gasteiger partial charge in [-0.3, -0.25) is 14.5 Å². The van der Waals surface area contributed by atoms with Crippen LogP contribution in [0.25, 0.3) is 6.08 Å². The molecule has 0 radical (unpaired) electrons. The molecule has 2 amide bonds. The average molecular weight is 455 g/mol. The van der Waals surface area contributed by atoms with Crippen LogP contribution in [0.1, 0.15) is 41.3 Å². The molecular weight excluding hydrogens is 432 g/mol. The fourth-order valence-corrected chi connectivity index (χ4v) is 4.35. The number of rotatable bonds is 8. The SMILES string of the molecule is CCc1ccc(/C=C2/SC(=S)N(CCCC(=O)Nc3cccc(C(=O)O)c3)C2=O)cc1. The van der Waals surface area contributed by atoms with E-state index < -0.39 is 5.97 Å². The van der Waals surface area contributed by atoms with Gasteiger partial charge in [0.2, 0.25) is 5.91 Å². The van der Waals surface area contributed by atoms with E-state index in [0.29, 0.717) is 27.9 Å². The molecule has 160 valence electrons. The van der Waals surface area contributed by atoms with Crippen LogP contribution in [0.2, 0.25) is 0 Å². The molecule has 0 spiro atoms. The monoisotopic (exact) mass is 454 g/mol. The number of carboxylic acid groups (broad SMARTS) is 1. The molecule has 2 N–H and O–H groups in total. The topological polar surface area (TPSA) is 86.7 Å². The van der Waals surface area contributed by atoms with Crippen molar-refractivity contribution in [2.45, 2.75) is 26.2 Å². The minimum Gasteiger partial charge on any atom is -0.478 e. The molecular formula is C23H22N2O4S2. The van der Waals surface area contributed by atoms with Gasteiger partial charge in [0.15, 0.2) is 0 Å². The highest BCUT2D eigenvalue weighted by molar-refractivity contribution is 8.26. The van der Waals surface area contributed by atoms with Gasteiger partial charge in [0, 0.05) is 18.7 Å². The number of thiocarbonyl (C=S) groups is 1. The Morgan fingerprint density at radius 2 is 1.94 bits per heavy atom. The van der Waals surface area contributed by atoms with E-state index in [1.54, 1.807) is 12.1 Å². The number of hydrogen-bond donors (Lipinski definition) is 2. The maximum absolute atomic E-state index is 12.7. The van der Waals surface area contributed by atoms with Crippen molar-refractivity contribution in [2.24, 2.45) is 0 Å². The number of carbonyl (C=O) groups is 3. The van der Waals surface area contributed by atoms with Gasteiger partial charge in [-0.05, 0) is 48.2 Å². The lowest BCUT2D eigenvalue weighted by molar-refractivity contribution is -0.122. The molecule has 1 saturated heterocycles. The summed E-state index contributed by atoms with van der Waals surface area (Å²) in [5.41, 5.74) is 2.71. The van der Waals surface area contributed by atoms with E-state index in [2.05, 4.69) is 12.2 Å². The first-order chi connectivity index (χ1) is 14.9. The van der Waals surface area contributed by atoms with Gasteiger partial charge in [0.1, 0.15) is 4.32 Å². The van der Waals surface area contributed by atoms with Crippen molar-refractivity contribution in [3.8, 4) is 0 Å². The quantitative estimate of drug-likeness (QED) is 0.449. The van der Waals surface area contributed by atoms with E-state index in [0.717, 1.165) is 12.0 Å². The highest BCUT2D eigenvalue weighted by Gasteiger charge is 2.31. The molecule has 0 atom stereocenters. The van der Waals surface area contributed by atoms with E-state index in [4.69, 9.17) is 17.3 Å². The molecule has 1 aliphatic heterocycles. The normalized spacial score (nSPS) is 14.9. The van der Waals surface area contributed by atoms with Crippen LogP contribution in [-0.4, -0.2) is 38.7 Å². The standard InChI is InChI=1S/C23H22N2O4S2/c1-2-15-8-10-16(11-9-15)13-19-21(27)25(23(30)31-19)12-4-7-20(26)24-18-6-3-5-17(14-18)22(28)29/h3,5-6,8-11,13-14H,2,4,7,12H2,1H3,(H,24,26)(H,28,29)/b19-13+. The van der Waals surface area contributed by atoms with Gasteiger partial charge < -0.3 is 10.4 Å². The lowest BCUT2D eigenvalue weighted by atomic mass is 10.1. The maximum Gasteiger partial charge on any atom is 0.335 e. The summed E-state index contributed by atoms with van der Waals surface area (Å²) in [6.45, 7) is 2.44. The molecule has 0 bridgehead atoms. The Bertz CT molecular complexity index is 1050. The van der Waals surface area contributed by atoms with Gasteiger partial charge in [-0.15, -0.1) is 0 Å². The van der Waals surface area contributed by atoms with Crippen molar-refractivity contribution in [2.75, 3.05) is 11.9 Å². The third-order valence-electron chi connectivity index (χ3n) is 4.74. The smallest absolute Gasteiger partial charge is 0.335 e. The second kappa shape index (κ2) is 10.4. The third kappa shape index (κ3) is 6.02. The molecule has 2 aromatic rings. The van der Waals surface area contributed by atoms with Gasteiger partial charge in [-0.25, -0.2) is 4.79 Å². The number of carbonyl (C=O) groups excluding carboxylic acids is 2. The summed E-state index contributed by atoms with van der Waals surface area (Å²) in [5, 5.41) is 11.7. The lowest BCUT2D eigenvalue weighted by Crippen LogP contribution is -2.29. The molecule has 8 heteroatoms. The van der Waals surface area contributed by atoms with Crippen LogP contribution >= 0.6 is 24.0 Å². The Balaban J connectivity index is 1.53. The van der Waals surface area contributed by atoms with Crippen LogP contribution in [0.15, 0.2) is 53.4 Å². The van der Waals surface area contributed by atoms with Gasteiger partial charge in [-0.2, -0.15) is 0 Å². The van der Waals surface area contributed by atoms with Crippen molar-refractivity contribution >= 4 is 57.8 Å². The number of aryl methyl sites for hydroxylation is 1. The molecule has 1 heterocycles. The predicted octanol–water partition coefficient (Wildman–Crippen LogP) is 4.57. The summed E-state index contributed by atoms with van der Waals surface area (Å²) < 4.78 is 0.482. The fraction of sp³-hybridized carbons (Fsp3) is 0.217. The van der Waals surface area contributed by atoms with E-state index >= 15 is 0 Å². The van der Waals surface area contributed by atoms with E-state index in [9.17, 15) is 14.4 Å². The number of anilines is 1. The van der Waals surface area contributed by atoms with Gasteiger partial charge in [0.25, 0.3) is 5.91 Å². The Kier molecular flexibility index (Phi) is 7.59. The molecule has 1 fully saturated rings. The van der Waals surface area contributed by atoms with Crippen molar-refractivity contribution in [3.05, 3.63) is 70.1 Å². The summed E-state index contributed by atoms with van der Waals surface area (Å²) in [6, 6.07) is 14.1. The summed E-state index contributed by atoms with van der Waals surface area (Å²) in [6.07, 6.45) is 3.42. The summed E-state index contributed by atoms with van der Waals surface area (Å²) in [7, 11) is 0. The second-order valence-electron chi connectivity index (χ2n) is 6.97. The molecule has 0 unspecified atom stereocenters. The zero-order valence-electron chi connectivity index (χ0n) is 17.0. The van der Waals surface area contributed by atoms with Crippen LogP contribution in [0, 0.1) is 0 Å². The molecule has 0 aliphatic carbocycles. The van der Waals surface area contributed by atoms with Crippen LogP contribution < -0.4 is 5.32 Å². The van der Waals surface area contributed by atoms with Crippen molar-refractivity contribution < 1.29 is 19.5 Å². The van der Waals surface area contributed by atoms with Gasteiger partial charge in [0.05, 0.1) is 10.5 Å². The van der Waals surface area contributed by atoms with Crippen molar-refractivity contribution in [1.82, 2.24) is 4.90 Å². The second-order valence-corrected chi connectivity index (χ2v) is 8.64. The minimum atomic E-state index is -1.06. The van der Waals surface area contributed by atoms with Crippen LogP contribution in [0.4, 0.5) is 5.69 Å². The first-order valence-corrected chi connectivity index (χ1v) is 11.1. The molecule has 0 saturated carbocycles. The highest BCUT2D eigenvalue weighted by Crippen LogP contribution is 2.32. The number of nitrogens with one attached hydrogen (secondary N) is 1. The van der Waals surface area contributed by atoms with Crippen LogP contribution in [0.5, 0.6) is 0 Å². The molecule has 1 aliphatic rings. The Hall–Kier alpha value is -2.97. The predicted molar refractivity (Wildman–Crippen MR) is 127 cm³/mol. The molecule has 0 aromatic heterocycles. The molecule has 31 heavy (non-hydrogen) atoms. The third-order valence-corrected chi connectivity index (χ3v) is 6.12. The van der Waals surface area contributed by atoms with Crippen molar-refractivity contribution in [3.63, 3.8) is 0 Å². The first kappa shape index (κ1) is 22.7. The maximum atomic E-state index is 12.7. The van der Waals surface area contributed by atoms with Gasteiger partial charge >= 0.3 is 5.97 Å². The number of hydrogen-bond acceptors (Lipinski definition) is 5. The fourth-order valence-electron chi connectivity index (χ4n) is 3.04. The zero-order valence-corrected chi connectivity index (χ0v) is 18.6. The number of aromatic carboxylic acids is 1. The molecule has 2 aromatic carbocycles. The zero-order chi connectivity index (χ0) is 22.4. The minimum absolute atomic E-state index is 0.103. The Morgan fingerprint density at radius 3 is 2.61 bits per heavy atom. The van der Waals surface area contributed by atoms with Crippen LogP contribution in [-0.2, 0) is 16.0 Å². The number of nitrogens with zero attached hydrogens (tertiary/aromatic N) is 1. The summed E-state index contributed by atoms with van der Waals surface area (Å²) in [5.74, 6) is -1.46. The number of thioether (sulfide) groups is 1. The largest absolute Gasteiger partial charge is 0.478 e. The summed E-state index contributed by atoms with van der Waals surface area (Å²) in [4.78, 5) is 38.0. The van der Waals surface area contributed by atoms with E-state index in [1.807, 2.05) is 30.3 Å². The van der Waals surface area contributed by atoms with Crippen molar-refractivity contribution in [1.29, 1.82) is 0 Å². The van der Waals surface area contributed by atoms with E-state index in [1.165, 1.54) is 34.4 Å². The first-order valence-electron chi connectivity index (χ1n) is 9.85. The number of carboxylic acids is 1. The Labute approximate surface area is 190 Å². The lowest BCUT2D eigenvalue weighted by Gasteiger charge is -2.14. The Morgan fingerprint density at radius 1 is 1.19 bits per heavy atom.